The highest BCUT2D eigenvalue weighted by Gasteiger charge is 2.15. The summed E-state index contributed by atoms with van der Waals surface area (Å²) in [6.07, 6.45) is 1.66. The molecule has 2 amide bonds. The summed E-state index contributed by atoms with van der Waals surface area (Å²) in [7, 11) is 0. The van der Waals surface area contributed by atoms with Crippen LogP contribution in [0, 0.1) is 0 Å². The van der Waals surface area contributed by atoms with E-state index in [4.69, 9.17) is 0 Å². The van der Waals surface area contributed by atoms with Crippen LogP contribution in [0.5, 0.6) is 0 Å². The first-order chi connectivity index (χ1) is 8.97. The summed E-state index contributed by atoms with van der Waals surface area (Å²) >= 11 is 0. The van der Waals surface area contributed by atoms with E-state index in [1.807, 2.05) is 0 Å². The number of carbonyl (C=O) groups excluding carboxylic acids is 1. The van der Waals surface area contributed by atoms with Crippen molar-refractivity contribution in [1.29, 1.82) is 0 Å². The maximum atomic E-state index is 11.9. The van der Waals surface area contributed by atoms with E-state index in [-0.39, 0.29) is 6.03 Å². The summed E-state index contributed by atoms with van der Waals surface area (Å²) in [6, 6.07) is 6.01. The number of para-hydroxylation sites is 1. The predicted octanol–water partition coefficient (Wildman–Crippen LogP) is 4.24. The lowest BCUT2D eigenvalue weighted by Crippen LogP contribution is -2.29. The van der Waals surface area contributed by atoms with Crippen molar-refractivity contribution in [2.75, 3.05) is 11.9 Å². The van der Waals surface area contributed by atoms with Gasteiger partial charge in [0.1, 0.15) is 0 Å². The second-order valence-electron chi connectivity index (χ2n) is 5.24. The molecule has 0 bridgehead atoms. The fourth-order valence-electron chi connectivity index (χ4n) is 2.02. The van der Waals surface area contributed by atoms with E-state index < -0.39 is 0 Å². The molecule has 0 spiro atoms. The van der Waals surface area contributed by atoms with E-state index in [0.29, 0.717) is 18.4 Å². The number of hydrogen-bond acceptors (Lipinski definition) is 1. The SMILES string of the molecule is C=CCNC(=O)Nc1c(C(C)C)cccc1C(C)C. The molecule has 0 unspecified atom stereocenters. The molecule has 0 saturated heterocycles. The third-order valence-electron chi connectivity index (χ3n) is 3.02. The molecule has 0 radical (unpaired) electrons. The molecule has 0 aliphatic heterocycles. The average molecular weight is 260 g/mol. The normalized spacial score (nSPS) is 10.6. The average Bonchev–Trinajstić information content (AvgIpc) is 2.35. The van der Waals surface area contributed by atoms with E-state index in [1.54, 1.807) is 6.08 Å². The number of nitrogens with one attached hydrogen (secondary N) is 2. The van der Waals surface area contributed by atoms with Gasteiger partial charge in [0, 0.05) is 12.2 Å². The number of carbonyl (C=O) groups is 1. The van der Waals surface area contributed by atoms with Crippen molar-refractivity contribution in [2.45, 2.75) is 39.5 Å². The number of benzene rings is 1. The second-order valence-corrected chi connectivity index (χ2v) is 5.24. The van der Waals surface area contributed by atoms with Gasteiger partial charge in [-0.1, -0.05) is 52.0 Å². The van der Waals surface area contributed by atoms with Gasteiger partial charge in [0.15, 0.2) is 0 Å². The van der Waals surface area contributed by atoms with Gasteiger partial charge in [-0.25, -0.2) is 4.79 Å². The molecular formula is C16H24N2O. The van der Waals surface area contributed by atoms with E-state index in [9.17, 15) is 4.79 Å². The van der Waals surface area contributed by atoms with Crippen LogP contribution in [0.3, 0.4) is 0 Å². The molecule has 19 heavy (non-hydrogen) atoms. The Bertz CT molecular complexity index is 424. The lowest BCUT2D eigenvalue weighted by molar-refractivity contribution is 0.253. The standard InChI is InChI=1S/C16H24N2O/c1-6-10-17-16(19)18-15-13(11(2)3)8-7-9-14(15)12(4)5/h6-9,11-12H,1,10H2,2-5H3,(H2,17,18,19). The van der Waals surface area contributed by atoms with Gasteiger partial charge in [0.05, 0.1) is 0 Å². The molecule has 1 rings (SSSR count). The van der Waals surface area contributed by atoms with Crippen LogP contribution in [-0.4, -0.2) is 12.6 Å². The van der Waals surface area contributed by atoms with Gasteiger partial charge in [-0.05, 0) is 23.0 Å². The van der Waals surface area contributed by atoms with Gasteiger partial charge >= 0.3 is 6.03 Å². The van der Waals surface area contributed by atoms with Crippen LogP contribution < -0.4 is 10.6 Å². The third kappa shape index (κ3) is 4.12. The first kappa shape index (κ1) is 15.3. The quantitative estimate of drug-likeness (QED) is 0.764. The van der Waals surface area contributed by atoms with Crippen LogP contribution in [0.1, 0.15) is 50.7 Å². The van der Waals surface area contributed by atoms with Gasteiger partial charge in [-0.2, -0.15) is 0 Å². The van der Waals surface area contributed by atoms with Crippen LogP contribution in [-0.2, 0) is 0 Å². The molecule has 1 aromatic rings. The van der Waals surface area contributed by atoms with Crippen LogP contribution in [0.2, 0.25) is 0 Å². The molecule has 0 fully saturated rings. The Kier molecular flexibility index (Phi) is 5.61. The zero-order valence-corrected chi connectivity index (χ0v) is 12.3. The highest BCUT2D eigenvalue weighted by Crippen LogP contribution is 2.32. The van der Waals surface area contributed by atoms with Crippen molar-refractivity contribution in [2.24, 2.45) is 0 Å². The highest BCUT2D eigenvalue weighted by atomic mass is 16.2. The number of rotatable bonds is 5. The smallest absolute Gasteiger partial charge is 0.319 e. The monoisotopic (exact) mass is 260 g/mol. The highest BCUT2D eigenvalue weighted by molar-refractivity contribution is 5.91. The summed E-state index contributed by atoms with van der Waals surface area (Å²) in [4.78, 5) is 11.9. The van der Waals surface area contributed by atoms with Gasteiger partial charge in [-0.15, -0.1) is 6.58 Å². The van der Waals surface area contributed by atoms with E-state index in [1.165, 1.54) is 11.1 Å². The van der Waals surface area contributed by atoms with Gasteiger partial charge in [-0.3, -0.25) is 0 Å². The van der Waals surface area contributed by atoms with Crippen molar-refractivity contribution >= 4 is 11.7 Å². The molecule has 1 aromatic carbocycles. The number of amides is 2. The van der Waals surface area contributed by atoms with Crippen LogP contribution in [0.4, 0.5) is 10.5 Å². The van der Waals surface area contributed by atoms with E-state index in [2.05, 4.69) is 63.1 Å². The zero-order valence-electron chi connectivity index (χ0n) is 12.3. The molecule has 104 valence electrons. The molecule has 3 nitrogen and oxygen atoms in total. The topological polar surface area (TPSA) is 41.1 Å². The minimum atomic E-state index is -0.185. The van der Waals surface area contributed by atoms with E-state index in [0.717, 1.165) is 5.69 Å². The summed E-state index contributed by atoms with van der Waals surface area (Å²) in [6.45, 7) is 12.6. The second kappa shape index (κ2) is 6.98. The van der Waals surface area contributed by atoms with Gasteiger partial charge < -0.3 is 10.6 Å². The molecule has 2 N–H and O–H groups in total. The predicted molar refractivity (Wildman–Crippen MR) is 81.8 cm³/mol. The third-order valence-corrected chi connectivity index (χ3v) is 3.02. The number of anilines is 1. The van der Waals surface area contributed by atoms with Crippen molar-refractivity contribution < 1.29 is 4.79 Å². The maximum absolute atomic E-state index is 11.9. The van der Waals surface area contributed by atoms with Gasteiger partial charge in [0.25, 0.3) is 0 Å². The number of hydrogen-bond donors (Lipinski definition) is 2. The Labute approximate surface area is 116 Å². The molecule has 0 aliphatic carbocycles. The van der Waals surface area contributed by atoms with Crippen molar-refractivity contribution in [3.63, 3.8) is 0 Å². The Balaban J connectivity index is 3.07. The van der Waals surface area contributed by atoms with Crippen LogP contribution >= 0.6 is 0 Å². The Morgan fingerprint density at radius 3 is 2.16 bits per heavy atom. The lowest BCUT2D eigenvalue weighted by atomic mass is 9.93. The molecular weight excluding hydrogens is 236 g/mol. The summed E-state index contributed by atoms with van der Waals surface area (Å²) in [5, 5.41) is 5.72. The Morgan fingerprint density at radius 1 is 1.21 bits per heavy atom. The first-order valence-corrected chi connectivity index (χ1v) is 6.75. The minimum Gasteiger partial charge on any atom is -0.334 e. The molecule has 0 atom stereocenters. The molecule has 0 heterocycles. The van der Waals surface area contributed by atoms with Crippen LogP contribution in [0.25, 0.3) is 0 Å². The Hall–Kier alpha value is -1.77. The molecule has 0 saturated carbocycles. The van der Waals surface area contributed by atoms with Gasteiger partial charge in [0.2, 0.25) is 0 Å². The van der Waals surface area contributed by atoms with Crippen molar-refractivity contribution in [3.8, 4) is 0 Å². The largest absolute Gasteiger partial charge is 0.334 e. The minimum absolute atomic E-state index is 0.185. The van der Waals surface area contributed by atoms with E-state index >= 15 is 0 Å². The molecule has 3 heteroatoms. The van der Waals surface area contributed by atoms with Crippen LogP contribution in [0.15, 0.2) is 30.9 Å². The van der Waals surface area contributed by atoms with Crippen molar-refractivity contribution in [1.82, 2.24) is 5.32 Å². The summed E-state index contributed by atoms with van der Waals surface area (Å²) in [5.74, 6) is 0.738. The summed E-state index contributed by atoms with van der Waals surface area (Å²) in [5.41, 5.74) is 3.27. The fraction of sp³-hybridized carbons (Fsp3) is 0.438. The molecule has 0 aromatic heterocycles. The fourth-order valence-corrected chi connectivity index (χ4v) is 2.02. The zero-order chi connectivity index (χ0) is 14.4. The Morgan fingerprint density at radius 2 is 1.74 bits per heavy atom. The summed E-state index contributed by atoms with van der Waals surface area (Å²) < 4.78 is 0. The van der Waals surface area contributed by atoms with Crippen molar-refractivity contribution in [3.05, 3.63) is 42.0 Å². The lowest BCUT2D eigenvalue weighted by Gasteiger charge is -2.20. The maximum Gasteiger partial charge on any atom is 0.319 e. The number of urea groups is 1. The first-order valence-electron chi connectivity index (χ1n) is 6.75. The molecule has 0 aliphatic rings.